The molecule has 0 spiro atoms. The fourth-order valence-corrected chi connectivity index (χ4v) is 4.38. The Hall–Kier alpha value is -3.50. The topological polar surface area (TPSA) is 108 Å². The number of rotatable bonds is 7. The van der Waals surface area contributed by atoms with Crippen molar-refractivity contribution in [2.45, 2.75) is 17.9 Å². The quantitative estimate of drug-likeness (QED) is 0.577. The monoisotopic (exact) mass is 485 g/mol. The molecule has 0 saturated carbocycles. The van der Waals surface area contributed by atoms with Gasteiger partial charge in [-0.2, -0.15) is 0 Å². The lowest BCUT2D eigenvalue weighted by Gasteiger charge is -2.33. The zero-order valence-electron chi connectivity index (χ0n) is 18.8. The summed E-state index contributed by atoms with van der Waals surface area (Å²) in [4.78, 5) is 16.2. The van der Waals surface area contributed by atoms with Crippen LogP contribution in [0.15, 0.2) is 71.4 Å². The molecule has 2 aliphatic rings. The first kappa shape index (κ1) is 23.7. The summed E-state index contributed by atoms with van der Waals surface area (Å²) in [5.74, 6) is 0.715. The van der Waals surface area contributed by atoms with E-state index < -0.39 is 22.7 Å². The fourth-order valence-electron chi connectivity index (χ4n) is 3.75. The summed E-state index contributed by atoms with van der Waals surface area (Å²) in [7, 11) is -3.30. The molecule has 9 nitrogen and oxygen atoms in total. The zero-order valence-corrected chi connectivity index (χ0v) is 19.6. The number of allylic oxidation sites excluding steroid dienone is 1. The maximum atomic E-state index is 12.7. The summed E-state index contributed by atoms with van der Waals surface area (Å²) in [6, 6.07) is 11.4. The van der Waals surface area contributed by atoms with Gasteiger partial charge in [-0.3, -0.25) is 4.90 Å². The predicted octanol–water partition coefficient (Wildman–Crippen LogP) is 2.77. The van der Waals surface area contributed by atoms with Gasteiger partial charge >= 0.3 is 6.09 Å². The average Bonchev–Trinajstić information content (AvgIpc) is 2.84. The van der Waals surface area contributed by atoms with Gasteiger partial charge in [0.1, 0.15) is 25.7 Å². The molecular formula is C24H27N3O6S. The van der Waals surface area contributed by atoms with Crippen molar-refractivity contribution in [1.82, 2.24) is 5.32 Å². The van der Waals surface area contributed by atoms with E-state index in [0.717, 1.165) is 23.3 Å². The molecule has 0 fully saturated rings. The van der Waals surface area contributed by atoms with E-state index in [2.05, 4.69) is 16.3 Å². The molecule has 0 radical (unpaired) electrons. The Morgan fingerprint density at radius 3 is 2.71 bits per heavy atom. The van der Waals surface area contributed by atoms with E-state index in [9.17, 15) is 18.3 Å². The number of nitrogens with one attached hydrogen (secondary N) is 1. The highest BCUT2D eigenvalue weighted by molar-refractivity contribution is 7.90. The molecule has 0 unspecified atom stereocenters. The van der Waals surface area contributed by atoms with Crippen molar-refractivity contribution >= 4 is 27.3 Å². The number of aliphatic hydroxyl groups excluding tert-OH is 1. The molecule has 4 rings (SSSR count). The smallest absolute Gasteiger partial charge is 0.416 e. The Morgan fingerprint density at radius 1 is 1.24 bits per heavy atom. The van der Waals surface area contributed by atoms with E-state index in [4.69, 9.17) is 9.47 Å². The van der Waals surface area contributed by atoms with Crippen LogP contribution in [-0.2, 0) is 21.2 Å². The zero-order chi connectivity index (χ0) is 24.1. The van der Waals surface area contributed by atoms with Crippen molar-refractivity contribution in [3.05, 3.63) is 72.1 Å². The first-order valence-electron chi connectivity index (χ1n) is 10.8. The van der Waals surface area contributed by atoms with Crippen molar-refractivity contribution in [1.29, 1.82) is 0 Å². The van der Waals surface area contributed by atoms with Gasteiger partial charge in [0, 0.05) is 19.0 Å². The Labute approximate surface area is 198 Å². The van der Waals surface area contributed by atoms with Gasteiger partial charge in [0.05, 0.1) is 22.8 Å². The van der Waals surface area contributed by atoms with Gasteiger partial charge in [0.25, 0.3) is 0 Å². The van der Waals surface area contributed by atoms with Crippen molar-refractivity contribution in [3.63, 3.8) is 0 Å². The molecule has 0 aliphatic carbocycles. The average molecular weight is 486 g/mol. The molecule has 2 aromatic carbocycles. The third kappa shape index (κ3) is 5.52. The van der Waals surface area contributed by atoms with E-state index in [1.54, 1.807) is 30.3 Å². The first-order valence-corrected chi connectivity index (χ1v) is 12.7. The number of sulfone groups is 1. The predicted molar refractivity (Wildman–Crippen MR) is 128 cm³/mol. The Balaban J connectivity index is 1.46. The first-order chi connectivity index (χ1) is 16.3. The van der Waals surface area contributed by atoms with E-state index in [0.29, 0.717) is 36.7 Å². The summed E-state index contributed by atoms with van der Waals surface area (Å²) < 4.78 is 34.3. The highest BCUT2D eigenvalue weighted by atomic mass is 32.2. The number of anilines is 2. The van der Waals surface area contributed by atoms with E-state index in [1.807, 2.05) is 12.4 Å². The van der Waals surface area contributed by atoms with Gasteiger partial charge < -0.3 is 24.8 Å². The maximum absolute atomic E-state index is 12.7. The maximum Gasteiger partial charge on any atom is 0.416 e. The van der Waals surface area contributed by atoms with Gasteiger partial charge in [-0.15, -0.1) is 0 Å². The highest BCUT2D eigenvalue weighted by Gasteiger charge is 2.23. The van der Waals surface area contributed by atoms with Crippen LogP contribution < -0.4 is 19.9 Å². The Morgan fingerprint density at radius 2 is 2.03 bits per heavy atom. The van der Waals surface area contributed by atoms with Gasteiger partial charge in [0.2, 0.25) is 0 Å². The van der Waals surface area contributed by atoms with Gasteiger partial charge in [-0.1, -0.05) is 18.2 Å². The molecule has 10 heteroatoms. The number of hydrogen-bond acceptors (Lipinski definition) is 8. The van der Waals surface area contributed by atoms with Crippen LogP contribution in [0.2, 0.25) is 0 Å². The standard InChI is InChI=1S/C24H27N3O6S/c1-34(30,31)21-7-4-18(5-8-21)16-33-24(29)27(17-28)20-6-9-23-22(13-20)26(11-12-32-23)15-19-3-2-10-25-14-19/h2,4-10,13-14,25,28H,3,11-12,15-17H2,1H3. The number of carbonyl (C=O) groups excluding carboxylic acids is 1. The number of fused-ring (bicyclic) bond motifs is 1. The van der Waals surface area contributed by atoms with E-state index in [-0.39, 0.29) is 11.5 Å². The fraction of sp³-hybridized carbons (Fsp3) is 0.292. The van der Waals surface area contributed by atoms with Crippen LogP contribution in [0.3, 0.4) is 0 Å². The number of carbonyl (C=O) groups is 1. The normalized spacial score (nSPS) is 15.0. The molecular weight excluding hydrogens is 458 g/mol. The number of dihydropyridines is 1. The molecule has 2 N–H and O–H groups in total. The largest absolute Gasteiger partial charge is 0.490 e. The van der Waals surface area contributed by atoms with Crippen LogP contribution in [0.1, 0.15) is 12.0 Å². The number of hydrogen-bond donors (Lipinski definition) is 2. The Bertz CT molecular complexity index is 1210. The molecule has 0 aromatic heterocycles. The third-order valence-corrected chi connectivity index (χ3v) is 6.69. The lowest BCUT2D eigenvalue weighted by atomic mass is 10.1. The molecule has 2 aliphatic heterocycles. The second-order valence-electron chi connectivity index (χ2n) is 8.04. The van der Waals surface area contributed by atoms with E-state index >= 15 is 0 Å². The minimum atomic E-state index is -3.30. The van der Waals surface area contributed by atoms with Crippen molar-refractivity contribution in [2.75, 3.05) is 42.5 Å². The van der Waals surface area contributed by atoms with E-state index in [1.165, 1.54) is 17.7 Å². The van der Waals surface area contributed by atoms with Crippen LogP contribution in [0.25, 0.3) is 0 Å². The summed E-state index contributed by atoms with van der Waals surface area (Å²) in [5.41, 5.74) is 3.17. The van der Waals surface area contributed by atoms with Crippen LogP contribution >= 0.6 is 0 Å². The summed E-state index contributed by atoms with van der Waals surface area (Å²) in [6.07, 6.45) is 7.22. The molecule has 0 atom stereocenters. The molecule has 2 aromatic rings. The lowest BCUT2D eigenvalue weighted by molar-refractivity contribution is 0.139. The minimum Gasteiger partial charge on any atom is -0.490 e. The van der Waals surface area contributed by atoms with Gasteiger partial charge in [-0.25, -0.2) is 13.2 Å². The summed E-state index contributed by atoms with van der Waals surface area (Å²) in [5, 5.41) is 13.0. The lowest BCUT2D eigenvalue weighted by Crippen LogP contribution is -2.36. The minimum absolute atomic E-state index is 0.0613. The number of nitrogens with zero attached hydrogens (tertiary/aromatic N) is 2. The summed E-state index contributed by atoms with van der Waals surface area (Å²) in [6.45, 7) is 1.35. The van der Waals surface area contributed by atoms with Gasteiger partial charge in [-0.05, 0) is 54.1 Å². The molecule has 0 bridgehead atoms. The van der Waals surface area contributed by atoms with Crippen LogP contribution in [-0.4, -0.2) is 52.3 Å². The second-order valence-corrected chi connectivity index (χ2v) is 10.1. The van der Waals surface area contributed by atoms with Crippen molar-refractivity contribution in [3.8, 4) is 5.75 Å². The van der Waals surface area contributed by atoms with Crippen molar-refractivity contribution in [2.24, 2.45) is 0 Å². The number of benzene rings is 2. The molecule has 1 amide bonds. The molecule has 180 valence electrons. The van der Waals surface area contributed by atoms with Gasteiger partial charge in [0.15, 0.2) is 9.84 Å². The molecule has 0 saturated heterocycles. The second kappa shape index (κ2) is 10.2. The molecule has 34 heavy (non-hydrogen) atoms. The Kier molecular flexibility index (Phi) is 7.09. The SMILES string of the molecule is CS(=O)(=O)c1ccc(COC(=O)N(CO)c2ccc3c(c2)N(CC2=CNC=CC2)CCO3)cc1. The van der Waals surface area contributed by atoms with Crippen LogP contribution in [0, 0.1) is 0 Å². The number of amides is 1. The third-order valence-electron chi connectivity index (χ3n) is 5.56. The van der Waals surface area contributed by atoms with Crippen LogP contribution in [0.4, 0.5) is 16.2 Å². The number of aliphatic hydroxyl groups is 1. The summed E-state index contributed by atoms with van der Waals surface area (Å²) >= 11 is 0. The molecule has 2 heterocycles. The number of ether oxygens (including phenoxy) is 2. The van der Waals surface area contributed by atoms with Crippen LogP contribution in [0.5, 0.6) is 5.75 Å². The van der Waals surface area contributed by atoms with Crippen molar-refractivity contribution < 1.29 is 27.8 Å². The highest BCUT2D eigenvalue weighted by Crippen LogP contribution is 2.36.